The van der Waals surface area contributed by atoms with Gasteiger partial charge in [0.25, 0.3) is 0 Å². The molecule has 5 heteroatoms. The minimum absolute atomic E-state index is 0. The highest BCUT2D eigenvalue weighted by Gasteiger charge is 2.17. The van der Waals surface area contributed by atoms with Gasteiger partial charge in [-0.3, -0.25) is 4.98 Å². The van der Waals surface area contributed by atoms with Gasteiger partial charge in [0.1, 0.15) is 0 Å². The molecule has 1 aromatic heterocycles. The van der Waals surface area contributed by atoms with Crippen molar-refractivity contribution < 1.29 is 0 Å². The Morgan fingerprint density at radius 1 is 1.18 bits per heavy atom. The summed E-state index contributed by atoms with van der Waals surface area (Å²) in [5.74, 6) is 0. The molecule has 1 aliphatic heterocycles. The highest BCUT2D eigenvalue weighted by atomic mass is 35.5. The van der Waals surface area contributed by atoms with Gasteiger partial charge in [-0.05, 0) is 30.5 Å². The average Bonchev–Trinajstić information content (AvgIpc) is 2.68. The third-order valence-corrected chi connectivity index (χ3v) is 4.25. The largest absolute Gasteiger partial charge is 0.302 e. The van der Waals surface area contributed by atoms with Crippen LogP contribution < -0.4 is 0 Å². The van der Waals surface area contributed by atoms with E-state index in [-0.39, 0.29) is 24.8 Å². The molecule has 3 nitrogen and oxygen atoms in total. The van der Waals surface area contributed by atoms with Crippen molar-refractivity contribution >= 4 is 35.7 Å². The van der Waals surface area contributed by atoms with Crippen molar-refractivity contribution in [3.05, 3.63) is 41.1 Å². The summed E-state index contributed by atoms with van der Waals surface area (Å²) in [6.45, 7) is 5.14. The van der Waals surface area contributed by atoms with E-state index >= 15 is 0 Å². The number of nitriles is 1. The Morgan fingerprint density at radius 2 is 1.91 bits per heavy atom. The number of aryl methyl sites for hydroxylation is 1. The van der Waals surface area contributed by atoms with Gasteiger partial charge < -0.3 is 4.90 Å². The zero-order chi connectivity index (χ0) is 13.9. The number of halogens is 2. The SMILES string of the molecule is Cc1c2c(nc3ccccc13)CCN(CCC#N)CC2.Cl.Cl. The molecule has 0 spiro atoms. The first kappa shape index (κ1) is 18.7. The zero-order valence-electron chi connectivity index (χ0n) is 12.7. The van der Waals surface area contributed by atoms with Crippen molar-refractivity contribution in [3.63, 3.8) is 0 Å². The van der Waals surface area contributed by atoms with Crippen LogP contribution in [0.15, 0.2) is 24.3 Å². The van der Waals surface area contributed by atoms with Crippen LogP contribution in [0.25, 0.3) is 10.9 Å². The molecule has 22 heavy (non-hydrogen) atoms. The number of rotatable bonds is 2. The van der Waals surface area contributed by atoms with Crippen molar-refractivity contribution in [2.45, 2.75) is 26.2 Å². The third-order valence-electron chi connectivity index (χ3n) is 4.25. The molecule has 118 valence electrons. The van der Waals surface area contributed by atoms with Crippen LogP contribution in [0.1, 0.15) is 23.2 Å². The van der Waals surface area contributed by atoms with Gasteiger partial charge in [-0.1, -0.05) is 18.2 Å². The second kappa shape index (κ2) is 8.33. The molecule has 1 aliphatic rings. The molecule has 0 unspecified atom stereocenters. The standard InChI is InChI=1S/C17H19N3.2ClH/c1-13-14-5-2-3-6-16(14)19-17-8-12-20(10-4-9-18)11-7-15(13)17;;/h2-3,5-6H,4,7-8,10-12H2,1H3;2*1H. The van der Waals surface area contributed by atoms with E-state index in [0.717, 1.165) is 38.0 Å². The molecule has 0 amide bonds. The fourth-order valence-electron chi connectivity index (χ4n) is 3.10. The van der Waals surface area contributed by atoms with Gasteiger partial charge in [0, 0.05) is 43.6 Å². The normalized spacial score (nSPS) is 14.2. The van der Waals surface area contributed by atoms with E-state index in [4.69, 9.17) is 10.2 Å². The number of aromatic nitrogens is 1. The Kier molecular flexibility index (Phi) is 7.09. The Balaban J connectivity index is 0.00000121. The first-order valence-electron chi connectivity index (χ1n) is 7.26. The van der Waals surface area contributed by atoms with Crippen LogP contribution in [-0.4, -0.2) is 29.5 Å². The highest BCUT2D eigenvalue weighted by molar-refractivity contribution is 5.85. The Labute approximate surface area is 144 Å². The van der Waals surface area contributed by atoms with Gasteiger partial charge in [-0.2, -0.15) is 5.26 Å². The highest BCUT2D eigenvalue weighted by Crippen LogP contribution is 2.25. The molecule has 0 fully saturated rings. The quantitative estimate of drug-likeness (QED) is 0.838. The molecule has 0 saturated carbocycles. The first-order chi connectivity index (χ1) is 9.79. The summed E-state index contributed by atoms with van der Waals surface area (Å²) in [5, 5.41) is 10.00. The summed E-state index contributed by atoms with van der Waals surface area (Å²) in [6.07, 6.45) is 2.65. The van der Waals surface area contributed by atoms with Crippen LogP contribution >= 0.6 is 24.8 Å². The predicted molar refractivity (Wildman–Crippen MR) is 95.1 cm³/mol. The van der Waals surface area contributed by atoms with Crippen LogP contribution in [0, 0.1) is 18.3 Å². The van der Waals surface area contributed by atoms with Gasteiger partial charge in [0.2, 0.25) is 0 Å². The molecule has 0 bridgehead atoms. The van der Waals surface area contributed by atoms with Crippen molar-refractivity contribution in [2.24, 2.45) is 0 Å². The fraction of sp³-hybridized carbons (Fsp3) is 0.412. The van der Waals surface area contributed by atoms with Crippen LogP contribution in [0.4, 0.5) is 0 Å². The van der Waals surface area contributed by atoms with Gasteiger partial charge in [0.05, 0.1) is 11.6 Å². The average molecular weight is 338 g/mol. The van der Waals surface area contributed by atoms with Gasteiger partial charge in [0.15, 0.2) is 0 Å². The topological polar surface area (TPSA) is 39.9 Å². The summed E-state index contributed by atoms with van der Waals surface area (Å²) < 4.78 is 0. The maximum Gasteiger partial charge on any atom is 0.0708 e. The lowest BCUT2D eigenvalue weighted by molar-refractivity contribution is 0.294. The van der Waals surface area contributed by atoms with E-state index in [2.05, 4.69) is 42.2 Å². The monoisotopic (exact) mass is 337 g/mol. The van der Waals surface area contributed by atoms with E-state index in [1.165, 1.54) is 22.2 Å². The minimum atomic E-state index is 0. The summed E-state index contributed by atoms with van der Waals surface area (Å²) in [5.41, 5.74) is 5.16. The molecule has 0 saturated heterocycles. The molecule has 3 rings (SSSR count). The molecule has 1 aromatic carbocycles. The maximum atomic E-state index is 8.72. The molecule has 0 N–H and O–H groups in total. The van der Waals surface area contributed by atoms with Crippen molar-refractivity contribution in [3.8, 4) is 6.07 Å². The fourth-order valence-corrected chi connectivity index (χ4v) is 3.10. The number of hydrogen-bond acceptors (Lipinski definition) is 3. The van der Waals surface area contributed by atoms with Crippen LogP contribution in [0.2, 0.25) is 0 Å². The number of pyridine rings is 1. The molecule has 0 radical (unpaired) electrons. The number of fused-ring (bicyclic) bond motifs is 2. The smallest absolute Gasteiger partial charge is 0.0708 e. The van der Waals surface area contributed by atoms with Crippen LogP contribution in [0.3, 0.4) is 0 Å². The molecule has 0 atom stereocenters. The van der Waals surface area contributed by atoms with Crippen molar-refractivity contribution in [1.29, 1.82) is 5.26 Å². The zero-order valence-corrected chi connectivity index (χ0v) is 14.3. The van der Waals surface area contributed by atoms with Crippen LogP contribution in [0.5, 0.6) is 0 Å². The third kappa shape index (κ3) is 3.70. The Hall–Kier alpha value is -1.34. The summed E-state index contributed by atoms with van der Waals surface area (Å²) in [7, 11) is 0. The van der Waals surface area contributed by atoms with Gasteiger partial charge in [-0.15, -0.1) is 24.8 Å². The lowest BCUT2D eigenvalue weighted by Gasteiger charge is -2.17. The minimum Gasteiger partial charge on any atom is -0.302 e. The van der Waals surface area contributed by atoms with Gasteiger partial charge in [-0.25, -0.2) is 0 Å². The first-order valence-corrected chi connectivity index (χ1v) is 7.26. The Morgan fingerprint density at radius 3 is 2.68 bits per heavy atom. The number of para-hydroxylation sites is 1. The summed E-state index contributed by atoms with van der Waals surface area (Å²) in [6, 6.07) is 10.6. The molecule has 2 heterocycles. The van der Waals surface area contributed by atoms with E-state index in [1.807, 2.05) is 0 Å². The molecule has 0 aliphatic carbocycles. The number of benzene rings is 1. The van der Waals surface area contributed by atoms with E-state index < -0.39 is 0 Å². The summed E-state index contributed by atoms with van der Waals surface area (Å²) in [4.78, 5) is 7.24. The molecule has 2 aromatic rings. The molecular formula is C17H21Cl2N3. The Bertz CT molecular complexity index is 679. The lowest BCUT2D eigenvalue weighted by atomic mass is 9.99. The van der Waals surface area contributed by atoms with E-state index in [0.29, 0.717) is 6.42 Å². The summed E-state index contributed by atoms with van der Waals surface area (Å²) >= 11 is 0. The number of nitrogens with zero attached hydrogens (tertiary/aromatic N) is 3. The van der Waals surface area contributed by atoms with Crippen molar-refractivity contribution in [2.75, 3.05) is 19.6 Å². The van der Waals surface area contributed by atoms with Crippen LogP contribution in [-0.2, 0) is 12.8 Å². The second-order valence-electron chi connectivity index (χ2n) is 5.43. The van der Waals surface area contributed by atoms with E-state index in [1.54, 1.807) is 0 Å². The van der Waals surface area contributed by atoms with Crippen molar-refractivity contribution in [1.82, 2.24) is 9.88 Å². The maximum absolute atomic E-state index is 8.72. The van der Waals surface area contributed by atoms with E-state index in [9.17, 15) is 0 Å². The second-order valence-corrected chi connectivity index (χ2v) is 5.43. The lowest BCUT2D eigenvalue weighted by Crippen LogP contribution is -2.27. The number of hydrogen-bond donors (Lipinski definition) is 0. The van der Waals surface area contributed by atoms with Gasteiger partial charge >= 0.3 is 0 Å². The predicted octanol–water partition coefficient (Wildman–Crippen LogP) is 3.70. The molecular weight excluding hydrogens is 317 g/mol.